The van der Waals surface area contributed by atoms with Gasteiger partial charge in [-0.3, -0.25) is 0 Å². The number of hydrogen-bond acceptors (Lipinski definition) is 1. The average Bonchev–Trinajstić information content (AvgIpc) is 2.85. The fourth-order valence-corrected chi connectivity index (χ4v) is 2.48. The molecule has 4 aromatic rings. The number of nitrogens with one attached hydrogen (secondary N) is 1. The van der Waals surface area contributed by atoms with Crippen LogP contribution in [0.3, 0.4) is 0 Å². The topological polar surface area (TPSA) is 28.9 Å². The van der Waals surface area contributed by atoms with E-state index in [0.29, 0.717) is 0 Å². The number of H-pyrrole nitrogens is 1. The Hall–Kier alpha value is -1.93. The first-order valence-electron chi connectivity index (χ1n) is 5.41. The molecule has 0 unspecified atom stereocenters. The molecule has 2 heterocycles. The Balaban J connectivity index is 2.30. The fraction of sp³-hybridized carbons (Fsp3) is 0. The van der Waals surface area contributed by atoms with Crippen molar-refractivity contribution in [3.05, 3.63) is 47.5 Å². The van der Waals surface area contributed by atoms with Crippen molar-refractivity contribution in [2.24, 2.45) is 0 Å². The first-order valence-corrected chi connectivity index (χ1v) is 5.79. The van der Waals surface area contributed by atoms with Gasteiger partial charge in [-0.15, -0.1) is 0 Å². The minimum atomic E-state index is 0.721. The third-order valence-electron chi connectivity index (χ3n) is 3.08. The van der Waals surface area contributed by atoms with Crippen molar-refractivity contribution >= 4 is 44.6 Å². The van der Waals surface area contributed by atoms with Crippen LogP contribution in [0.1, 0.15) is 0 Å². The lowest BCUT2D eigenvalue weighted by Gasteiger charge is -1.91. The molecule has 17 heavy (non-hydrogen) atoms. The van der Waals surface area contributed by atoms with Crippen LogP contribution < -0.4 is 0 Å². The first kappa shape index (κ1) is 9.14. The molecule has 1 N–H and O–H groups in total. The van der Waals surface area contributed by atoms with Crippen LogP contribution in [0.4, 0.5) is 0 Å². The second-order valence-electron chi connectivity index (χ2n) is 4.12. The SMILES string of the molecule is Clc1ccc2[nH]c3c4ccccc4oc3c2c1. The largest absolute Gasteiger partial charge is 0.454 e. The maximum atomic E-state index is 6.02. The van der Waals surface area contributed by atoms with Gasteiger partial charge in [-0.1, -0.05) is 23.7 Å². The minimum absolute atomic E-state index is 0.721. The second-order valence-corrected chi connectivity index (χ2v) is 4.55. The van der Waals surface area contributed by atoms with E-state index in [0.717, 1.165) is 38.0 Å². The zero-order valence-corrected chi connectivity index (χ0v) is 9.58. The van der Waals surface area contributed by atoms with Crippen molar-refractivity contribution in [2.45, 2.75) is 0 Å². The van der Waals surface area contributed by atoms with Gasteiger partial charge < -0.3 is 9.40 Å². The quantitative estimate of drug-likeness (QED) is 0.474. The van der Waals surface area contributed by atoms with Gasteiger partial charge in [-0.2, -0.15) is 0 Å². The van der Waals surface area contributed by atoms with E-state index in [1.807, 2.05) is 36.4 Å². The molecule has 0 saturated carbocycles. The number of halogens is 1. The maximum absolute atomic E-state index is 6.02. The van der Waals surface area contributed by atoms with E-state index in [1.54, 1.807) is 0 Å². The predicted octanol–water partition coefficient (Wildman–Crippen LogP) is 4.72. The molecular weight excluding hydrogens is 234 g/mol. The van der Waals surface area contributed by atoms with Crippen LogP contribution in [-0.2, 0) is 0 Å². The molecule has 3 heteroatoms. The Morgan fingerprint density at radius 3 is 2.82 bits per heavy atom. The molecule has 0 aliphatic carbocycles. The minimum Gasteiger partial charge on any atom is -0.454 e. The number of para-hydroxylation sites is 1. The van der Waals surface area contributed by atoms with E-state index in [-0.39, 0.29) is 0 Å². The Bertz CT molecular complexity index is 856. The molecule has 4 rings (SSSR count). The third-order valence-corrected chi connectivity index (χ3v) is 3.32. The van der Waals surface area contributed by atoms with E-state index in [4.69, 9.17) is 16.0 Å². The summed E-state index contributed by atoms with van der Waals surface area (Å²) in [6.45, 7) is 0. The molecule has 0 spiro atoms. The molecule has 2 nitrogen and oxygen atoms in total. The molecule has 82 valence electrons. The number of benzene rings is 2. The summed E-state index contributed by atoms with van der Waals surface area (Å²) in [6, 6.07) is 13.8. The molecular formula is C14H8ClNO. The van der Waals surface area contributed by atoms with Gasteiger partial charge in [0.25, 0.3) is 0 Å². The maximum Gasteiger partial charge on any atom is 0.161 e. The Kier molecular flexibility index (Phi) is 1.64. The molecule has 0 aliphatic rings. The summed E-state index contributed by atoms with van der Waals surface area (Å²) in [5.41, 5.74) is 3.87. The summed E-state index contributed by atoms with van der Waals surface area (Å²) in [7, 11) is 0. The van der Waals surface area contributed by atoms with Crippen molar-refractivity contribution in [3.63, 3.8) is 0 Å². The lowest BCUT2D eigenvalue weighted by atomic mass is 10.2. The van der Waals surface area contributed by atoms with Crippen LogP contribution in [0, 0.1) is 0 Å². The summed E-state index contributed by atoms with van der Waals surface area (Å²) < 4.78 is 5.87. The molecule has 0 amide bonds. The van der Waals surface area contributed by atoms with Crippen LogP contribution in [-0.4, -0.2) is 4.98 Å². The molecule has 0 saturated heterocycles. The van der Waals surface area contributed by atoms with Crippen molar-refractivity contribution in [1.82, 2.24) is 4.98 Å². The summed E-state index contributed by atoms with van der Waals surface area (Å²) >= 11 is 6.02. The van der Waals surface area contributed by atoms with Gasteiger partial charge in [0.2, 0.25) is 0 Å². The molecule has 0 bridgehead atoms. The predicted molar refractivity (Wildman–Crippen MR) is 70.6 cm³/mol. The third kappa shape index (κ3) is 1.16. The molecule has 0 radical (unpaired) electrons. The highest BCUT2D eigenvalue weighted by Crippen LogP contribution is 2.34. The van der Waals surface area contributed by atoms with Crippen molar-refractivity contribution in [1.29, 1.82) is 0 Å². The second kappa shape index (κ2) is 3.05. The molecule has 2 aromatic carbocycles. The normalized spacial score (nSPS) is 11.8. The van der Waals surface area contributed by atoms with Crippen LogP contribution in [0.5, 0.6) is 0 Å². The highest BCUT2D eigenvalue weighted by atomic mass is 35.5. The monoisotopic (exact) mass is 241 g/mol. The van der Waals surface area contributed by atoms with Gasteiger partial charge >= 0.3 is 0 Å². The van der Waals surface area contributed by atoms with Gasteiger partial charge in [0, 0.05) is 21.3 Å². The number of furan rings is 1. The van der Waals surface area contributed by atoms with Crippen molar-refractivity contribution < 1.29 is 4.42 Å². The van der Waals surface area contributed by atoms with E-state index >= 15 is 0 Å². The summed E-state index contributed by atoms with van der Waals surface area (Å²) in [5.74, 6) is 0. The highest BCUT2D eigenvalue weighted by molar-refractivity contribution is 6.32. The van der Waals surface area contributed by atoms with Crippen LogP contribution >= 0.6 is 11.6 Å². The van der Waals surface area contributed by atoms with Crippen LogP contribution in [0.25, 0.3) is 33.0 Å². The van der Waals surface area contributed by atoms with E-state index in [9.17, 15) is 0 Å². The number of hydrogen-bond donors (Lipinski definition) is 1. The van der Waals surface area contributed by atoms with Crippen LogP contribution in [0.2, 0.25) is 5.02 Å². The number of aromatic amines is 1. The first-order chi connectivity index (χ1) is 8.33. The Labute approximate surface area is 102 Å². The van der Waals surface area contributed by atoms with Gasteiger partial charge in [-0.05, 0) is 30.3 Å². The lowest BCUT2D eigenvalue weighted by molar-refractivity contribution is 0.673. The van der Waals surface area contributed by atoms with Gasteiger partial charge in [-0.25, -0.2) is 0 Å². The zero-order chi connectivity index (χ0) is 11.4. The zero-order valence-electron chi connectivity index (χ0n) is 8.83. The lowest BCUT2D eigenvalue weighted by Crippen LogP contribution is -1.69. The fourth-order valence-electron chi connectivity index (χ4n) is 2.31. The number of rotatable bonds is 0. The number of aromatic nitrogens is 1. The Morgan fingerprint density at radius 2 is 1.88 bits per heavy atom. The van der Waals surface area contributed by atoms with Crippen LogP contribution in [0.15, 0.2) is 46.9 Å². The van der Waals surface area contributed by atoms with Crippen molar-refractivity contribution in [3.8, 4) is 0 Å². The molecule has 0 aliphatic heterocycles. The van der Waals surface area contributed by atoms with Gasteiger partial charge in [0.15, 0.2) is 5.58 Å². The Morgan fingerprint density at radius 1 is 1.00 bits per heavy atom. The van der Waals surface area contributed by atoms with E-state index < -0.39 is 0 Å². The van der Waals surface area contributed by atoms with E-state index in [2.05, 4.69) is 11.1 Å². The summed E-state index contributed by atoms with van der Waals surface area (Å²) in [6.07, 6.45) is 0. The summed E-state index contributed by atoms with van der Waals surface area (Å²) in [4.78, 5) is 3.38. The average molecular weight is 242 g/mol. The highest BCUT2D eigenvalue weighted by Gasteiger charge is 2.12. The summed E-state index contributed by atoms with van der Waals surface area (Å²) in [5, 5.41) is 2.86. The molecule has 2 aromatic heterocycles. The van der Waals surface area contributed by atoms with Gasteiger partial charge in [0.05, 0.1) is 5.52 Å². The molecule has 0 atom stereocenters. The number of fused-ring (bicyclic) bond motifs is 5. The van der Waals surface area contributed by atoms with E-state index in [1.165, 1.54) is 0 Å². The van der Waals surface area contributed by atoms with Gasteiger partial charge in [0.1, 0.15) is 5.58 Å². The van der Waals surface area contributed by atoms with Crippen molar-refractivity contribution in [2.75, 3.05) is 0 Å². The standard InChI is InChI=1S/C14H8ClNO/c15-8-5-6-11-10(7-8)14-13(16-11)9-3-1-2-4-12(9)17-14/h1-7,16H. The molecule has 0 fully saturated rings. The smallest absolute Gasteiger partial charge is 0.161 e.